The summed E-state index contributed by atoms with van der Waals surface area (Å²) in [6.07, 6.45) is 2.07. The van der Waals surface area contributed by atoms with Crippen molar-refractivity contribution in [2.45, 2.75) is 4.90 Å². The van der Waals surface area contributed by atoms with Crippen molar-refractivity contribution in [3.63, 3.8) is 0 Å². The lowest BCUT2D eigenvalue weighted by Crippen LogP contribution is -2.43. The summed E-state index contributed by atoms with van der Waals surface area (Å²) >= 11 is 3.29. The molecule has 3 aromatic rings. The molecule has 2 aromatic carbocycles. The van der Waals surface area contributed by atoms with Gasteiger partial charge in [0.2, 0.25) is 0 Å². The van der Waals surface area contributed by atoms with Crippen LogP contribution < -0.4 is 9.80 Å². The van der Waals surface area contributed by atoms with E-state index in [1.54, 1.807) is 23.1 Å². The predicted octanol–water partition coefficient (Wildman–Crippen LogP) is 4.49. The molecule has 172 valence electrons. The van der Waals surface area contributed by atoms with E-state index >= 15 is 0 Å². The highest BCUT2D eigenvalue weighted by atomic mass is 35.5. The molecule has 2 heterocycles. The Balaban J connectivity index is 0.00000289. The molecule has 0 bridgehead atoms. The van der Waals surface area contributed by atoms with E-state index in [0.29, 0.717) is 12.1 Å². The number of aromatic nitrogens is 1. The van der Waals surface area contributed by atoms with Crippen molar-refractivity contribution in [1.82, 2.24) is 9.88 Å². The van der Waals surface area contributed by atoms with Gasteiger partial charge in [0.05, 0.1) is 23.4 Å². The molecule has 0 saturated carbocycles. The van der Waals surface area contributed by atoms with Crippen LogP contribution in [0.1, 0.15) is 10.4 Å². The number of benzene rings is 2. The standard InChI is InChI=1S/C23H28N4O2S2.ClH/c1-25(2)18-6-4-17(5-7-18)22(28)27(11-10-26-12-14-29-15-13-26)23-24-20-9-8-19(30-3)16-21(20)31-23;/h4-9,16H,10-15H2,1-3H3;1H. The van der Waals surface area contributed by atoms with Crippen molar-refractivity contribution in [2.75, 3.05) is 69.5 Å². The topological polar surface area (TPSA) is 48.9 Å². The molecule has 1 aliphatic heterocycles. The minimum Gasteiger partial charge on any atom is -0.379 e. The third-order valence-corrected chi connectivity index (χ3v) is 7.20. The fourth-order valence-electron chi connectivity index (χ4n) is 3.54. The monoisotopic (exact) mass is 492 g/mol. The highest BCUT2D eigenvalue weighted by Crippen LogP contribution is 2.32. The Bertz CT molecular complexity index is 1040. The minimum absolute atomic E-state index is 0. The first-order valence-electron chi connectivity index (χ1n) is 10.4. The molecule has 0 atom stereocenters. The molecule has 32 heavy (non-hydrogen) atoms. The second-order valence-corrected chi connectivity index (χ2v) is 9.57. The van der Waals surface area contributed by atoms with Crippen LogP contribution in [0.25, 0.3) is 10.2 Å². The molecule has 1 fully saturated rings. The number of carbonyl (C=O) groups excluding carboxylic acids is 1. The highest BCUT2D eigenvalue weighted by Gasteiger charge is 2.23. The summed E-state index contributed by atoms with van der Waals surface area (Å²) in [6.45, 7) is 4.70. The number of hydrogen-bond donors (Lipinski definition) is 0. The molecule has 1 amide bonds. The SMILES string of the molecule is CSc1ccc2nc(N(CCN3CCOCC3)C(=O)c3ccc(N(C)C)cc3)sc2c1.Cl. The van der Waals surface area contributed by atoms with Gasteiger partial charge >= 0.3 is 0 Å². The second-order valence-electron chi connectivity index (χ2n) is 7.68. The zero-order valence-electron chi connectivity index (χ0n) is 18.6. The largest absolute Gasteiger partial charge is 0.379 e. The van der Waals surface area contributed by atoms with Gasteiger partial charge in [0, 0.05) is 56.4 Å². The van der Waals surface area contributed by atoms with Gasteiger partial charge in [-0.15, -0.1) is 24.2 Å². The van der Waals surface area contributed by atoms with Crippen molar-refractivity contribution in [3.8, 4) is 0 Å². The molecule has 1 aliphatic rings. The average molecular weight is 493 g/mol. The summed E-state index contributed by atoms with van der Waals surface area (Å²) < 4.78 is 6.57. The summed E-state index contributed by atoms with van der Waals surface area (Å²) in [4.78, 5) is 25.8. The van der Waals surface area contributed by atoms with Crippen LogP contribution in [0.3, 0.4) is 0 Å². The Morgan fingerprint density at radius 1 is 1.16 bits per heavy atom. The highest BCUT2D eigenvalue weighted by molar-refractivity contribution is 7.98. The first kappa shape index (κ1) is 24.8. The molecule has 0 radical (unpaired) electrons. The van der Waals surface area contributed by atoms with Crippen LogP contribution >= 0.6 is 35.5 Å². The number of rotatable bonds is 7. The van der Waals surface area contributed by atoms with E-state index in [1.807, 2.05) is 54.2 Å². The number of ether oxygens (including phenoxy) is 1. The van der Waals surface area contributed by atoms with E-state index in [1.165, 1.54) is 4.90 Å². The Morgan fingerprint density at radius 3 is 2.53 bits per heavy atom. The molecule has 1 aromatic heterocycles. The van der Waals surface area contributed by atoms with Crippen LogP contribution in [0.15, 0.2) is 47.4 Å². The van der Waals surface area contributed by atoms with E-state index in [0.717, 1.165) is 53.9 Å². The van der Waals surface area contributed by atoms with Gasteiger partial charge in [-0.2, -0.15) is 0 Å². The maximum Gasteiger partial charge on any atom is 0.260 e. The van der Waals surface area contributed by atoms with Crippen LogP contribution in [0.2, 0.25) is 0 Å². The zero-order chi connectivity index (χ0) is 21.8. The summed E-state index contributed by atoms with van der Waals surface area (Å²) in [5.41, 5.74) is 2.68. The van der Waals surface area contributed by atoms with Crippen LogP contribution in [0, 0.1) is 0 Å². The molecule has 1 saturated heterocycles. The third-order valence-electron chi connectivity index (χ3n) is 5.43. The number of fused-ring (bicyclic) bond motifs is 1. The number of hydrogen-bond acceptors (Lipinski definition) is 7. The Kier molecular flexibility index (Phi) is 8.79. The summed E-state index contributed by atoms with van der Waals surface area (Å²) in [5, 5.41) is 0.753. The molecule has 9 heteroatoms. The number of morpholine rings is 1. The normalized spacial score (nSPS) is 14.2. The van der Waals surface area contributed by atoms with Gasteiger partial charge in [0.1, 0.15) is 0 Å². The minimum atomic E-state index is -0.0114. The number of thioether (sulfide) groups is 1. The molecule has 0 spiro atoms. The van der Waals surface area contributed by atoms with E-state index in [-0.39, 0.29) is 18.3 Å². The third kappa shape index (κ3) is 5.74. The Hall–Kier alpha value is -1.84. The number of nitrogens with zero attached hydrogens (tertiary/aromatic N) is 4. The van der Waals surface area contributed by atoms with Crippen molar-refractivity contribution in [2.24, 2.45) is 0 Å². The van der Waals surface area contributed by atoms with Crippen LogP contribution in [-0.2, 0) is 4.74 Å². The number of amides is 1. The first-order chi connectivity index (χ1) is 15.0. The second kappa shape index (κ2) is 11.3. The number of carbonyl (C=O) groups is 1. The Labute approximate surface area is 204 Å². The zero-order valence-corrected chi connectivity index (χ0v) is 21.1. The van der Waals surface area contributed by atoms with Gasteiger partial charge in [0.25, 0.3) is 5.91 Å². The van der Waals surface area contributed by atoms with Crippen LogP contribution in [-0.4, -0.2) is 75.5 Å². The Morgan fingerprint density at radius 2 is 1.88 bits per heavy atom. The molecular weight excluding hydrogens is 464 g/mol. The van der Waals surface area contributed by atoms with Gasteiger partial charge in [0.15, 0.2) is 5.13 Å². The quantitative estimate of drug-likeness (QED) is 0.453. The van der Waals surface area contributed by atoms with Gasteiger partial charge in [-0.1, -0.05) is 11.3 Å². The van der Waals surface area contributed by atoms with Crippen molar-refractivity contribution < 1.29 is 9.53 Å². The van der Waals surface area contributed by atoms with Gasteiger partial charge in [-0.05, 0) is 48.7 Å². The molecule has 0 aliphatic carbocycles. The van der Waals surface area contributed by atoms with E-state index in [4.69, 9.17) is 9.72 Å². The number of thiazole rings is 1. The lowest BCUT2D eigenvalue weighted by atomic mass is 10.1. The number of anilines is 2. The van der Waals surface area contributed by atoms with Gasteiger partial charge in [-0.25, -0.2) is 4.98 Å². The van der Waals surface area contributed by atoms with Crippen molar-refractivity contribution in [1.29, 1.82) is 0 Å². The summed E-state index contributed by atoms with van der Waals surface area (Å²) in [5.74, 6) is -0.0114. The van der Waals surface area contributed by atoms with Crippen molar-refractivity contribution in [3.05, 3.63) is 48.0 Å². The summed E-state index contributed by atoms with van der Waals surface area (Å²) in [7, 11) is 3.99. The lowest BCUT2D eigenvalue weighted by molar-refractivity contribution is 0.0391. The molecule has 6 nitrogen and oxygen atoms in total. The van der Waals surface area contributed by atoms with E-state index in [2.05, 4.69) is 23.3 Å². The summed E-state index contributed by atoms with van der Waals surface area (Å²) in [6, 6.07) is 14.0. The average Bonchev–Trinajstić information content (AvgIpc) is 3.22. The smallest absolute Gasteiger partial charge is 0.260 e. The maximum absolute atomic E-state index is 13.5. The molecular formula is C23H29ClN4O2S2. The van der Waals surface area contributed by atoms with Gasteiger partial charge in [-0.3, -0.25) is 14.6 Å². The van der Waals surface area contributed by atoms with Crippen LogP contribution in [0.4, 0.5) is 10.8 Å². The molecule has 4 rings (SSSR count). The molecule has 0 N–H and O–H groups in total. The predicted molar refractivity (Wildman–Crippen MR) is 138 cm³/mol. The fourth-order valence-corrected chi connectivity index (χ4v) is 5.09. The molecule has 0 unspecified atom stereocenters. The van der Waals surface area contributed by atoms with E-state index in [9.17, 15) is 4.79 Å². The fraction of sp³-hybridized carbons (Fsp3) is 0.391. The number of halogens is 1. The van der Waals surface area contributed by atoms with Crippen LogP contribution in [0.5, 0.6) is 0 Å². The van der Waals surface area contributed by atoms with E-state index < -0.39 is 0 Å². The van der Waals surface area contributed by atoms with Gasteiger partial charge < -0.3 is 9.64 Å². The first-order valence-corrected chi connectivity index (χ1v) is 12.4. The lowest BCUT2D eigenvalue weighted by Gasteiger charge is -2.29. The maximum atomic E-state index is 13.5. The van der Waals surface area contributed by atoms with Crippen molar-refractivity contribution >= 4 is 62.4 Å².